The Kier molecular flexibility index (Phi) is 4.35. The van der Waals surface area contributed by atoms with E-state index in [9.17, 15) is 9.18 Å². The molecule has 1 amide bonds. The van der Waals surface area contributed by atoms with E-state index >= 15 is 0 Å². The predicted molar refractivity (Wildman–Crippen MR) is 91.3 cm³/mol. The molecule has 8 heteroatoms. The van der Waals surface area contributed by atoms with Crippen LogP contribution in [0.4, 0.5) is 10.3 Å². The lowest BCUT2D eigenvalue weighted by molar-refractivity contribution is -0.121. The molecule has 25 heavy (non-hydrogen) atoms. The molecule has 3 N–H and O–H groups in total. The van der Waals surface area contributed by atoms with Crippen molar-refractivity contribution in [3.63, 3.8) is 0 Å². The number of halogens is 1. The van der Waals surface area contributed by atoms with Crippen molar-refractivity contribution in [3.8, 4) is 0 Å². The molecular weight excluding hydrogens is 323 g/mol. The van der Waals surface area contributed by atoms with Gasteiger partial charge in [0.1, 0.15) is 5.82 Å². The Hall–Kier alpha value is -3.03. The molecule has 1 aromatic carbocycles. The number of carbonyl (C=O) groups excluding carboxylic acids is 1. The summed E-state index contributed by atoms with van der Waals surface area (Å²) in [5.41, 5.74) is 8.55. The molecule has 2 heterocycles. The second-order valence-corrected chi connectivity index (χ2v) is 5.96. The van der Waals surface area contributed by atoms with Crippen LogP contribution in [-0.4, -0.2) is 25.5 Å². The minimum absolute atomic E-state index is 0.135. The summed E-state index contributed by atoms with van der Waals surface area (Å²) < 4.78 is 14.8. The first-order chi connectivity index (χ1) is 11.8. The normalized spacial score (nSPS) is 12.3. The molecule has 2 aromatic heterocycles. The highest BCUT2D eigenvalue weighted by Gasteiger charge is 2.17. The molecule has 0 aliphatic heterocycles. The smallest absolute Gasteiger partial charge is 0.254 e. The Balaban J connectivity index is 1.80. The van der Waals surface area contributed by atoms with E-state index in [0.29, 0.717) is 17.0 Å². The van der Waals surface area contributed by atoms with Crippen LogP contribution in [0.25, 0.3) is 5.78 Å². The fraction of sp³-hybridized carbons (Fsp3) is 0.294. The summed E-state index contributed by atoms with van der Waals surface area (Å²) in [6.07, 6.45) is 0.139. The molecule has 1 atom stereocenters. The van der Waals surface area contributed by atoms with Crippen LogP contribution in [-0.2, 0) is 11.2 Å². The minimum Gasteiger partial charge on any atom is -0.366 e. The second-order valence-electron chi connectivity index (χ2n) is 5.96. The quantitative estimate of drug-likeness (QED) is 0.754. The summed E-state index contributed by atoms with van der Waals surface area (Å²) in [4.78, 5) is 20.8. The van der Waals surface area contributed by atoms with Crippen molar-refractivity contribution >= 4 is 17.6 Å². The van der Waals surface area contributed by atoms with Gasteiger partial charge >= 0.3 is 0 Å². The third kappa shape index (κ3) is 3.42. The fourth-order valence-electron chi connectivity index (χ4n) is 2.79. The molecule has 0 spiro atoms. The molecule has 7 nitrogen and oxygen atoms in total. The van der Waals surface area contributed by atoms with Crippen molar-refractivity contribution in [2.75, 3.05) is 5.73 Å². The van der Waals surface area contributed by atoms with Gasteiger partial charge < -0.3 is 11.1 Å². The van der Waals surface area contributed by atoms with Gasteiger partial charge in [-0.2, -0.15) is 9.50 Å². The maximum atomic E-state index is 13.3. The van der Waals surface area contributed by atoms with E-state index in [1.165, 1.54) is 16.6 Å². The highest BCUT2D eigenvalue weighted by molar-refractivity contribution is 5.79. The maximum absolute atomic E-state index is 13.3. The molecular formula is C17H19FN6O. The van der Waals surface area contributed by atoms with E-state index in [1.807, 2.05) is 20.8 Å². The van der Waals surface area contributed by atoms with Crippen LogP contribution >= 0.6 is 0 Å². The Morgan fingerprint density at radius 3 is 2.84 bits per heavy atom. The summed E-state index contributed by atoms with van der Waals surface area (Å²) >= 11 is 0. The van der Waals surface area contributed by atoms with E-state index in [2.05, 4.69) is 20.4 Å². The lowest BCUT2D eigenvalue weighted by Gasteiger charge is -2.16. The first kappa shape index (κ1) is 16.8. The average Bonchev–Trinajstić information content (AvgIpc) is 2.92. The van der Waals surface area contributed by atoms with E-state index < -0.39 is 0 Å². The highest BCUT2D eigenvalue weighted by atomic mass is 19.1. The molecule has 3 rings (SSSR count). The number of hydrogen-bond donors (Lipinski definition) is 2. The number of anilines is 1. The average molecular weight is 342 g/mol. The molecule has 0 saturated heterocycles. The predicted octanol–water partition coefficient (Wildman–Crippen LogP) is 1.88. The summed E-state index contributed by atoms with van der Waals surface area (Å²) in [6.45, 7) is 5.47. The van der Waals surface area contributed by atoms with E-state index in [0.717, 1.165) is 11.3 Å². The van der Waals surface area contributed by atoms with Crippen molar-refractivity contribution in [2.45, 2.75) is 33.2 Å². The van der Waals surface area contributed by atoms with Crippen molar-refractivity contribution in [2.24, 2.45) is 0 Å². The number of aryl methyl sites for hydroxylation is 2. The largest absolute Gasteiger partial charge is 0.366 e. The van der Waals surface area contributed by atoms with Crippen LogP contribution in [0, 0.1) is 19.7 Å². The third-order valence-corrected chi connectivity index (χ3v) is 4.13. The van der Waals surface area contributed by atoms with Gasteiger partial charge in [0.25, 0.3) is 5.78 Å². The standard InChI is InChI=1S/C17H19FN6O/c1-9(12-5-4-6-13(18)7-12)20-15(25)8-14-10(2)21-17-22-16(19)23-24(17)11(14)3/h4-7,9H,8H2,1-3H3,(H2,19,23)(H,20,25). The molecule has 0 radical (unpaired) electrons. The van der Waals surface area contributed by atoms with Gasteiger partial charge in [0.2, 0.25) is 11.9 Å². The topological polar surface area (TPSA) is 98.2 Å². The van der Waals surface area contributed by atoms with E-state index in [4.69, 9.17) is 5.73 Å². The SMILES string of the molecule is Cc1nc2nc(N)nn2c(C)c1CC(=O)NC(C)c1cccc(F)c1. The van der Waals surface area contributed by atoms with Crippen LogP contribution in [0.5, 0.6) is 0 Å². The number of nitrogen functional groups attached to an aromatic ring is 1. The van der Waals surface area contributed by atoms with Gasteiger partial charge in [-0.15, -0.1) is 5.10 Å². The van der Waals surface area contributed by atoms with Crippen molar-refractivity contribution < 1.29 is 9.18 Å². The molecule has 1 unspecified atom stereocenters. The number of nitrogens with one attached hydrogen (secondary N) is 1. The van der Waals surface area contributed by atoms with Crippen LogP contribution < -0.4 is 11.1 Å². The zero-order valence-electron chi connectivity index (χ0n) is 14.2. The number of carbonyl (C=O) groups is 1. The summed E-state index contributed by atoms with van der Waals surface area (Å²) in [7, 11) is 0. The van der Waals surface area contributed by atoms with E-state index in [1.54, 1.807) is 12.1 Å². The molecule has 0 aliphatic carbocycles. The zero-order chi connectivity index (χ0) is 18.1. The molecule has 130 valence electrons. The first-order valence-electron chi connectivity index (χ1n) is 7.88. The highest BCUT2D eigenvalue weighted by Crippen LogP contribution is 2.17. The van der Waals surface area contributed by atoms with Crippen molar-refractivity contribution in [3.05, 3.63) is 52.6 Å². The van der Waals surface area contributed by atoms with Crippen LogP contribution in [0.2, 0.25) is 0 Å². The number of aromatic nitrogens is 4. The summed E-state index contributed by atoms with van der Waals surface area (Å²) in [6, 6.07) is 5.87. The lowest BCUT2D eigenvalue weighted by Crippen LogP contribution is -2.29. The van der Waals surface area contributed by atoms with Crippen LogP contribution in [0.3, 0.4) is 0 Å². The third-order valence-electron chi connectivity index (χ3n) is 4.13. The molecule has 0 saturated carbocycles. The Morgan fingerprint density at radius 1 is 1.36 bits per heavy atom. The number of nitrogens with two attached hydrogens (primary N) is 1. The number of nitrogens with zero attached hydrogens (tertiary/aromatic N) is 4. The van der Waals surface area contributed by atoms with Gasteiger partial charge in [-0.1, -0.05) is 12.1 Å². The number of benzene rings is 1. The van der Waals surface area contributed by atoms with Gasteiger partial charge in [0, 0.05) is 17.0 Å². The van der Waals surface area contributed by atoms with Crippen molar-refractivity contribution in [1.82, 2.24) is 24.9 Å². The van der Waals surface area contributed by atoms with E-state index in [-0.39, 0.29) is 30.1 Å². The molecule has 0 aliphatic rings. The molecule has 3 aromatic rings. The van der Waals surface area contributed by atoms with Gasteiger partial charge in [0.15, 0.2) is 0 Å². The number of amides is 1. The zero-order valence-corrected chi connectivity index (χ0v) is 14.2. The fourth-order valence-corrected chi connectivity index (χ4v) is 2.79. The number of hydrogen-bond acceptors (Lipinski definition) is 5. The lowest BCUT2D eigenvalue weighted by atomic mass is 10.1. The minimum atomic E-state index is -0.330. The summed E-state index contributed by atoms with van der Waals surface area (Å²) in [5.74, 6) is 0.0297. The number of fused-ring (bicyclic) bond motifs is 1. The van der Waals surface area contributed by atoms with Crippen molar-refractivity contribution in [1.29, 1.82) is 0 Å². The maximum Gasteiger partial charge on any atom is 0.254 e. The van der Waals surface area contributed by atoms with Gasteiger partial charge in [-0.25, -0.2) is 9.37 Å². The van der Waals surface area contributed by atoms with Gasteiger partial charge in [0.05, 0.1) is 12.5 Å². The summed E-state index contributed by atoms with van der Waals surface area (Å²) in [5, 5.41) is 6.96. The Bertz CT molecular complexity index is 952. The van der Waals surface area contributed by atoms with Crippen LogP contribution in [0.15, 0.2) is 24.3 Å². The Morgan fingerprint density at radius 2 is 2.12 bits per heavy atom. The second kappa shape index (κ2) is 6.46. The monoisotopic (exact) mass is 342 g/mol. The molecule has 0 bridgehead atoms. The van der Waals surface area contributed by atoms with Crippen LogP contribution in [0.1, 0.15) is 35.5 Å². The first-order valence-corrected chi connectivity index (χ1v) is 7.88. The molecule has 0 fully saturated rings. The Labute approximate surface area is 144 Å². The van der Waals surface area contributed by atoms with Gasteiger partial charge in [-0.3, -0.25) is 4.79 Å². The van der Waals surface area contributed by atoms with Gasteiger partial charge in [-0.05, 0) is 38.5 Å². The number of rotatable bonds is 4.